The van der Waals surface area contributed by atoms with Crippen LogP contribution < -0.4 is 11.1 Å². The fourth-order valence-corrected chi connectivity index (χ4v) is 3.10. The first-order chi connectivity index (χ1) is 9.24. The van der Waals surface area contributed by atoms with Crippen molar-refractivity contribution in [1.29, 1.82) is 0 Å². The Morgan fingerprint density at radius 2 is 1.63 bits per heavy atom. The Balaban J connectivity index is 1.44. The Kier molecular flexibility index (Phi) is 3.90. The van der Waals surface area contributed by atoms with E-state index >= 15 is 0 Å². The summed E-state index contributed by atoms with van der Waals surface area (Å²) in [7, 11) is 0. The van der Waals surface area contributed by atoms with E-state index in [0.717, 1.165) is 24.3 Å². The largest absolute Gasteiger partial charge is 0.323 e. The predicted molar refractivity (Wildman–Crippen MR) is 79.9 cm³/mol. The summed E-state index contributed by atoms with van der Waals surface area (Å²) >= 11 is 0. The van der Waals surface area contributed by atoms with Crippen LogP contribution in [0.5, 0.6) is 0 Å². The monoisotopic (exact) mass is 258 g/mol. The molecule has 0 bridgehead atoms. The van der Waals surface area contributed by atoms with Crippen molar-refractivity contribution in [2.45, 2.75) is 38.6 Å². The van der Waals surface area contributed by atoms with Crippen molar-refractivity contribution in [1.82, 2.24) is 5.32 Å². The van der Waals surface area contributed by atoms with E-state index in [-0.39, 0.29) is 6.04 Å². The zero-order chi connectivity index (χ0) is 13.2. The molecule has 2 nitrogen and oxygen atoms in total. The minimum Gasteiger partial charge on any atom is -0.323 e. The van der Waals surface area contributed by atoms with Gasteiger partial charge in [0.1, 0.15) is 0 Å². The third-order valence-corrected chi connectivity index (χ3v) is 4.70. The van der Waals surface area contributed by atoms with Crippen molar-refractivity contribution in [3.63, 3.8) is 0 Å². The SMILES string of the molecule is Cc1ccc(C(N)CNCC(C2CC2)C2CC2)cc1. The smallest absolute Gasteiger partial charge is 0.0421 e. The summed E-state index contributed by atoms with van der Waals surface area (Å²) in [5, 5.41) is 3.62. The van der Waals surface area contributed by atoms with Gasteiger partial charge < -0.3 is 11.1 Å². The van der Waals surface area contributed by atoms with E-state index in [2.05, 4.69) is 36.5 Å². The molecule has 3 rings (SSSR count). The minimum absolute atomic E-state index is 0.125. The van der Waals surface area contributed by atoms with E-state index in [1.54, 1.807) is 0 Å². The summed E-state index contributed by atoms with van der Waals surface area (Å²) < 4.78 is 0. The Bertz CT molecular complexity index is 392. The molecule has 2 heteroatoms. The molecule has 2 fully saturated rings. The summed E-state index contributed by atoms with van der Waals surface area (Å²) in [6, 6.07) is 8.72. The molecule has 0 amide bonds. The number of nitrogens with one attached hydrogen (secondary N) is 1. The highest BCUT2D eigenvalue weighted by Crippen LogP contribution is 2.48. The third kappa shape index (κ3) is 3.58. The second-order valence-electron chi connectivity index (χ2n) is 6.51. The van der Waals surface area contributed by atoms with Crippen LogP contribution in [0.3, 0.4) is 0 Å². The molecule has 1 aromatic rings. The van der Waals surface area contributed by atoms with Crippen LogP contribution in [0.1, 0.15) is 42.9 Å². The number of hydrogen-bond donors (Lipinski definition) is 2. The molecule has 104 valence electrons. The molecule has 19 heavy (non-hydrogen) atoms. The average molecular weight is 258 g/mol. The van der Waals surface area contributed by atoms with Gasteiger partial charge in [0.25, 0.3) is 0 Å². The van der Waals surface area contributed by atoms with Crippen LogP contribution in [0, 0.1) is 24.7 Å². The second kappa shape index (κ2) is 5.64. The minimum atomic E-state index is 0.125. The van der Waals surface area contributed by atoms with Gasteiger partial charge in [-0.15, -0.1) is 0 Å². The van der Waals surface area contributed by atoms with Gasteiger partial charge in [0, 0.05) is 12.6 Å². The highest BCUT2D eigenvalue weighted by atomic mass is 14.9. The van der Waals surface area contributed by atoms with Crippen LogP contribution in [-0.4, -0.2) is 13.1 Å². The van der Waals surface area contributed by atoms with Gasteiger partial charge in [-0.25, -0.2) is 0 Å². The van der Waals surface area contributed by atoms with Crippen molar-refractivity contribution in [2.24, 2.45) is 23.5 Å². The summed E-state index contributed by atoms with van der Waals surface area (Å²) in [5.74, 6) is 2.98. The maximum absolute atomic E-state index is 6.25. The van der Waals surface area contributed by atoms with E-state index < -0.39 is 0 Å². The zero-order valence-corrected chi connectivity index (χ0v) is 11.9. The topological polar surface area (TPSA) is 38.0 Å². The van der Waals surface area contributed by atoms with Crippen molar-refractivity contribution < 1.29 is 0 Å². The number of nitrogens with two attached hydrogens (primary N) is 1. The molecule has 3 N–H and O–H groups in total. The van der Waals surface area contributed by atoms with Crippen molar-refractivity contribution in [2.75, 3.05) is 13.1 Å². The van der Waals surface area contributed by atoms with Crippen LogP contribution in [-0.2, 0) is 0 Å². The number of rotatable bonds is 7. The highest BCUT2D eigenvalue weighted by molar-refractivity contribution is 5.24. The molecule has 0 spiro atoms. The molecular weight excluding hydrogens is 232 g/mol. The number of benzene rings is 1. The van der Waals surface area contributed by atoms with Gasteiger partial charge in [-0.05, 0) is 62.5 Å². The molecule has 0 aromatic heterocycles. The normalized spacial score (nSPS) is 20.8. The lowest BCUT2D eigenvalue weighted by Crippen LogP contribution is -2.32. The molecule has 2 aliphatic rings. The van der Waals surface area contributed by atoms with Crippen LogP contribution in [0.15, 0.2) is 24.3 Å². The van der Waals surface area contributed by atoms with Gasteiger partial charge in [0.15, 0.2) is 0 Å². The van der Waals surface area contributed by atoms with Gasteiger partial charge in [0.05, 0.1) is 0 Å². The van der Waals surface area contributed by atoms with Crippen LogP contribution in [0.4, 0.5) is 0 Å². The lowest BCUT2D eigenvalue weighted by molar-refractivity contribution is 0.374. The van der Waals surface area contributed by atoms with Crippen LogP contribution >= 0.6 is 0 Å². The number of hydrogen-bond acceptors (Lipinski definition) is 2. The first kappa shape index (κ1) is 13.1. The molecule has 1 atom stereocenters. The molecule has 0 heterocycles. The van der Waals surface area contributed by atoms with Gasteiger partial charge in [0.2, 0.25) is 0 Å². The average Bonchev–Trinajstić information content (AvgIpc) is 3.28. The van der Waals surface area contributed by atoms with Crippen LogP contribution in [0.25, 0.3) is 0 Å². The van der Waals surface area contributed by atoms with Crippen molar-refractivity contribution in [3.05, 3.63) is 35.4 Å². The van der Waals surface area contributed by atoms with E-state index in [0.29, 0.717) is 0 Å². The molecule has 2 aliphatic carbocycles. The quantitative estimate of drug-likeness (QED) is 0.789. The van der Waals surface area contributed by atoms with E-state index in [1.165, 1.54) is 43.4 Å². The molecule has 0 radical (unpaired) electrons. The standard InChI is InChI=1S/C17H26N2/c1-12-2-4-15(5-3-12)17(18)11-19-10-16(13-6-7-13)14-8-9-14/h2-5,13-14,16-17,19H,6-11,18H2,1H3. The van der Waals surface area contributed by atoms with Gasteiger partial charge in [-0.3, -0.25) is 0 Å². The first-order valence-corrected chi connectivity index (χ1v) is 7.77. The maximum atomic E-state index is 6.25. The van der Waals surface area contributed by atoms with Gasteiger partial charge in [-0.2, -0.15) is 0 Å². The lowest BCUT2D eigenvalue weighted by atomic mass is 9.97. The fraction of sp³-hybridized carbons (Fsp3) is 0.647. The Morgan fingerprint density at radius 3 is 2.16 bits per heavy atom. The highest BCUT2D eigenvalue weighted by Gasteiger charge is 2.40. The summed E-state index contributed by atoms with van der Waals surface area (Å²) in [4.78, 5) is 0. The molecule has 1 aromatic carbocycles. The Morgan fingerprint density at radius 1 is 1.05 bits per heavy atom. The number of aryl methyl sites for hydroxylation is 1. The third-order valence-electron chi connectivity index (χ3n) is 4.70. The molecule has 0 saturated heterocycles. The van der Waals surface area contributed by atoms with Gasteiger partial charge in [-0.1, -0.05) is 29.8 Å². The molecule has 1 unspecified atom stereocenters. The fourth-order valence-electron chi connectivity index (χ4n) is 3.10. The summed E-state index contributed by atoms with van der Waals surface area (Å²) in [6.45, 7) is 4.19. The second-order valence-corrected chi connectivity index (χ2v) is 6.51. The Labute approximate surface area is 116 Å². The van der Waals surface area contributed by atoms with E-state index in [4.69, 9.17) is 5.73 Å². The lowest BCUT2D eigenvalue weighted by Gasteiger charge is -2.19. The zero-order valence-electron chi connectivity index (χ0n) is 11.9. The van der Waals surface area contributed by atoms with Crippen LogP contribution in [0.2, 0.25) is 0 Å². The molecule has 0 aliphatic heterocycles. The summed E-state index contributed by atoms with van der Waals surface area (Å²) in [5.41, 5.74) is 8.79. The van der Waals surface area contributed by atoms with E-state index in [9.17, 15) is 0 Å². The maximum Gasteiger partial charge on any atom is 0.0421 e. The van der Waals surface area contributed by atoms with Gasteiger partial charge >= 0.3 is 0 Å². The van der Waals surface area contributed by atoms with Crippen molar-refractivity contribution >= 4 is 0 Å². The first-order valence-electron chi connectivity index (χ1n) is 7.77. The molecule has 2 saturated carbocycles. The summed E-state index contributed by atoms with van der Waals surface area (Å²) in [6.07, 6.45) is 5.86. The predicted octanol–water partition coefficient (Wildman–Crippen LogP) is 3.02. The van der Waals surface area contributed by atoms with E-state index in [1.807, 2.05) is 0 Å². The Hall–Kier alpha value is -0.860. The molecular formula is C17H26N2. The van der Waals surface area contributed by atoms with Crippen molar-refractivity contribution in [3.8, 4) is 0 Å².